The van der Waals surface area contributed by atoms with Gasteiger partial charge in [0.1, 0.15) is 11.8 Å². The maximum Gasteiger partial charge on any atom is 0.238 e. The second-order valence-corrected chi connectivity index (χ2v) is 7.38. The van der Waals surface area contributed by atoms with Crippen molar-refractivity contribution >= 4 is 11.6 Å². The monoisotopic (exact) mass is 351 g/mol. The molecule has 1 aliphatic heterocycles. The summed E-state index contributed by atoms with van der Waals surface area (Å²) in [5.41, 5.74) is 1.35. The fourth-order valence-corrected chi connectivity index (χ4v) is 3.61. The minimum absolute atomic E-state index is 0.0323. The number of ether oxygens (including phenoxy) is 1. The van der Waals surface area contributed by atoms with Crippen molar-refractivity contribution in [2.75, 3.05) is 25.5 Å². The highest BCUT2D eigenvalue weighted by Crippen LogP contribution is 2.49. The molecule has 2 aliphatic rings. The molecule has 26 heavy (non-hydrogen) atoms. The number of hydrogen-bond acceptors (Lipinski definition) is 4. The molecular formula is C21H25N3O2. The van der Waals surface area contributed by atoms with Gasteiger partial charge in [0, 0.05) is 19.3 Å². The lowest BCUT2D eigenvalue weighted by atomic mass is 9.95. The van der Waals surface area contributed by atoms with E-state index in [0.29, 0.717) is 11.6 Å². The Morgan fingerprint density at radius 3 is 2.58 bits per heavy atom. The van der Waals surface area contributed by atoms with Gasteiger partial charge in [0.2, 0.25) is 11.8 Å². The summed E-state index contributed by atoms with van der Waals surface area (Å²) in [7, 11) is 2.13. The van der Waals surface area contributed by atoms with Gasteiger partial charge in [0.15, 0.2) is 0 Å². The Morgan fingerprint density at radius 2 is 1.88 bits per heavy atom. The molecule has 1 amide bonds. The van der Waals surface area contributed by atoms with Gasteiger partial charge in [0.05, 0.1) is 5.41 Å². The van der Waals surface area contributed by atoms with Crippen LogP contribution in [0.1, 0.15) is 31.2 Å². The number of nitrogens with zero attached hydrogens (tertiary/aromatic N) is 2. The highest BCUT2D eigenvalue weighted by Gasteiger charge is 2.51. The third-order valence-electron chi connectivity index (χ3n) is 5.47. The molecular weight excluding hydrogens is 326 g/mol. The second-order valence-electron chi connectivity index (χ2n) is 7.38. The average molecular weight is 351 g/mol. The molecule has 1 saturated carbocycles. The summed E-state index contributed by atoms with van der Waals surface area (Å²) in [6.07, 6.45) is 5.59. The van der Waals surface area contributed by atoms with Gasteiger partial charge in [-0.05, 0) is 50.4 Å². The van der Waals surface area contributed by atoms with Gasteiger partial charge < -0.3 is 15.0 Å². The number of pyridine rings is 1. The molecule has 136 valence electrons. The molecule has 5 heteroatoms. The molecule has 1 N–H and O–H groups in total. The largest absolute Gasteiger partial charge is 0.473 e. The van der Waals surface area contributed by atoms with E-state index in [0.717, 1.165) is 44.3 Å². The van der Waals surface area contributed by atoms with Crippen molar-refractivity contribution in [3.05, 3.63) is 54.2 Å². The van der Waals surface area contributed by atoms with Crippen molar-refractivity contribution in [3.8, 4) is 5.88 Å². The number of carbonyl (C=O) groups excluding carboxylic acids is 1. The van der Waals surface area contributed by atoms with Crippen LogP contribution < -0.4 is 10.1 Å². The molecule has 1 aromatic heterocycles. The molecule has 5 nitrogen and oxygen atoms in total. The van der Waals surface area contributed by atoms with E-state index in [1.165, 1.54) is 0 Å². The van der Waals surface area contributed by atoms with Crippen molar-refractivity contribution < 1.29 is 9.53 Å². The van der Waals surface area contributed by atoms with E-state index < -0.39 is 5.41 Å². The van der Waals surface area contributed by atoms with E-state index in [-0.39, 0.29) is 12.0 Å². The summed E-state index contributed by atoms with van der Waals surface area (Å²) in [5, 5.41) is 3.07. The van der Waals surface area contributed by atoms with Gasteiger partial charge in [-0.3, -0.25) is 4.79 Å². The van der Waals surface area contributed by atoms with Gasteiger partial charge in [-0.1, -0.05) is 30.3 Å². The molecule has 0 atom stereocenters. The van der Waals surface area contributed by atoms with Crippen LogP contribution in [0.3, 0.4) is 0 Å². The second kappa shape index (κ2) is 7.08. The summed E-state index contributed by atoms with van der Waals surface area (Å²) in [6, 6.07) is 13.7. The zero-order valence-corrected chi connectivity index (χ0v) is 15.1. The van der Waals surface area contributed by atoms with Crippen molar-refractivity contribution in [2.24, 2.45) is 0 Å². The molecule has 1 aromatic carbocycles. The zero-order valence-electron chi connectivity index (χ0n) is 15.1. The van der Waals surface area contributed by atoms with Crippen LogP contribution in [0.2, 0.25) is 0 Å². The first kappa shape index (κ1) is 17.0. The third kappa shape index (κ3) is 3.44. The maximum absolute atomic E-state index is 13.0. The molecule has 2 heterocycles. The lowest BCUT2D eigenvalue weighted by Crippen LogP contribution is -2.36. The fourth-order valence-electron chi connectivity index (χ4n) is 3.61. The van der Waals surface area contributed by atoms with Crippen LogP contribution >= 0.6 is 0 Å². The topological polar surface area (TPSA) is 54.5 Å². The smallest absolute Gasteiger partial charge is 0.238 e. The van der Waals surface area contributed by atoms with Crippen LogP contribution in [0.15, 0.2) is 48.7 Å². The Kier molecular flexibility index (Phi) is 4.64. The van der Waals surface area contributed by atoms with Crippen LogP contribution in [-0.2, 0) is 10.2 Å². The Labute approximate surface area is 154 Å². The quantitative estimate of drug-likeness (QED) is 0.899. The van der Waals surface area contributed by atoms with Crippen LogP contribution in [0, 0.1) is 0 Å². The Bertz CT molecular complexity index is 766. The fraction of sp³-hybridized carbons (Fsp3) is 0.429. The number of amides is 1. The van der Waals surface area contributed by atoms with E-state index in [9.17, 15) is 4.79 Å². The molecule has 4 rings (SSSR count). The number of carbonyl (C=O) groups is 1. The lowest BCUT2D eigenvalue weighted by molar-refractivity contribution is -0.118. The number of benzene rings is 1. The van der Waals surface area contributed by atoms with E-state index in [1.54, 1.807) is 6.20 Å². The highest BCUT2D eigenvalue weighted by molar-refractivity contribution is 6.02. The Hall–Kier alpha value is -2.40. The van der Waals surface area contributed by atoms with Crippen molar-refractivity contribution in [1.82, 2.24) is 9.88 Å². The summed E-state index contributed by atoms with van der Waals surface area (Å²) in [4.78, 5) is 19.7. The normalized spacial score (nSPS) is 19.7. The number of aromatic nitrogens is 1. The van der Waals surface area contributed by atoms with Gasteiger partial charge in [-0.2, -0.15) is 0 Å². The van der Waals surface area contributed by atoms with E-state index in [4.69, 9.17) is 4.74 Å². The van der Waals surface area contributed by atoms with Gasteiger partial charge in [-0.25, -0.2) is 4.98 Å². The number of hydrogen-bond donors (Lipinski definition) is 1. The minimum atomic E-state index is -0.401. The highest BCUT2D eigenvalue weighted by atomic mass is 16.5. The number of piperidine rings is 1. The van der Waals surface area contributed by atoms with Crippen LogP contribution in [0.5, 0.6) is 5.88 Å². The summed E-state index contributed by atoms with van der Waals surface area (Å²) < 4.78 is 6.12. The minimum Gasteiger partial charge on any atom is -0.473 e. The van der Waals surface area contributed by atoms with Gasteiger partial charge in [0.25, 0.3) is 0 Å². The molecule has 0 spiro atoms. The van der Waals surface area contributed by atoms with Gasteiger partial charge in [-0.15, -0.1) is 0 Å². The lowest BCUT2D eigenvalue weighted by Gasteiger charge is -2.29. The molecule has 0 unspecified atom stereocenters. The van der Waals surface area contributed by atoms with E-state index in [2.05, 4.69) is 22.2 Å². The van der Waals surface area contributed by atoms with Crippen LogP contribution in [-0.4, -0.2) is 42.0 Å². The van der Waals surface area contributed by atoms with Crippen molar-refractivity contribution in [3.63, 3.8) is 0 Å². The number of likely N-dealkylation sites (tertiary alicyclic amines) is 1. The van der Waals surface area contributed by atoms with E-state index in [1.807, 2.05) is 42.5 Å². The average Bonchev–Trinajstić information content (AvgIpc) is 3.48. The standard InChI is InChI=1S/C21H25N3O2/c1-24-14-9-17(10-15-24)26-19-18(8-5-13-22-19)23-20(25)21(11-12-21)16-6-3-2-4-7-16/h2-8,13,17H,9-12,14-15H2,1H3,(H,23,25). The van der Waals surface area contributed by atoms with Gasteiger partial charge >= 0.3 is 0 Å². The number of anilines is 1. The predicted octanol–water partition coefficient (Wildman–Crippen LogP) is 3.22. The number of nitrogens with one attached hydrogen (secondary N) is 1. The molecule has 2 aromatic rings. The van der Waals surface area contributed by atoms with Crippen LogP contribution in [0.4, 0.5) is 5.69 Å². The Balaban J connectivity index is 1.48. The first-order valence-corrected chi connectivity index (χ1v) is 9.35. The number of rotatable bonds is 5. The summed E-state index contributed by atoms with van der Waals surface area (Å²) >= 11 is 0. The summed E-state index contributed by atoms with van der Waals surface area (Å²) in [6.45, 7) is 2.05. The Morgan fingerprint density at radius 1 is 1.15 bits per heavy atom. The van der Waals surface area contributed by atoms with E-state index >= 15 is 0 Å². The molecule has 2 fully saturated rings. The first-order valence-electron chi connectivity index (χ1n) is 9.35. The molecule has 1 aliphatic carbocycles. The van der Waals surface area contributed by atoms with Crippen molar-refractivity contribution in [2.45, 2.75) is 37.2 Å². The maximum atomic E-state index is 13.0. The first-order chi connectivity index (χ1) is 12.7. The predicted molar refractivity (Wildman–Crippen MR) is 101 cm³/mol. The molecule has 0 radical (unpaired) electrons. The molecule has 0 bridgehead atoms. The SMILES string of the molecule is CN1CCC(Oc2ncccc2NC(=O)C2(c3ccccc3)CC2)CC1. The summed E-state index contributed by atoms with van der Waals surface area (Å²) in [5.74, 6) is 0.559. The zero-order chi connectivity index (χ0) is 18.0. The molecule has 1 saturated heterocycles. The van der Waals surface area contributed by atoms with Crippen LogP contribution in [0.25, 0.3) is 0 Å². The third-order valence-corrected chi connectivity index (χ3v) is 5.47. The van der Waals surface area contributed by atoms with Crippen molar-refractivity contribution in [1.29, 1.82) is 0 Å².